The second kappa shape index (κ2) is 2.49. The van der Waals surface area contributed by atoms with Crippen molar-refractivity contribution in [2.45, 2.75) is 20.0 Å². The summed E-state index contributed by atoms with van der Waals surface area (Å²) in [4.78, 5) is 10.5. The molecule has 3 unspecified atom stereocenters. The van der Waals surface area contributed by atoms with Gasteiger partial charge in [-0.1, -0.05) is 19.8 Å². The summed E-state index contributed by atoms with van der Waals surface area (Å²) < 4.78 is 0. The van der Waals surface area contributed by atoms with Crippen LogP contribution < -0.4 is 5.11 Å². The van der Waals surface area contributed by atoms with Gasteiger partial charge in [-0.15, -0.1) is 6.42 Å². The first-order valence-corrected chi connectivity index (χ1v) is 3.78. The Bertz CT molecular complexity index is 249. The number of hydrogen-bond donors (Lipinski definition) is 1. The van der Waals surface area contributed by atoms with Crippen molar-refractivity contribution < 1.29 is 15.0 Å². The second-order valence-electron chi connectivity index (χ2n) is 3.76. The SMILES string of the molecule is C#CC(O)C1C(C(=O)[O-])C1(C)C. The van der Waals surface area contributed by atoms with Crippen LogP contribution in [0.2, 0.25) is 0 Å². The topological polar surface area (TPSA) is 60.4 Å². The Labute approximate surface area is 71.4 Å². The normalized spacial score (nSPS) is 33.5. The molecule has 1 rings (SSSR count). The Morgan fingerprint density at radius 2 is 2.25 bits per heavy atom. The Morgan fingerprint density at radius 1 is 1.75 bits per heavy atom. The van der Waals surface area contributed by atoms with Gasteiger partial charge in [-0.05, 0) is 5.41 Å². The van der Waals surface area contributed by atoms with Gasteiger partial charge in [0.1, 0.15) is 6.10 Å². The Balaban J connectivity index is 2.74. The highest BCUT2D eigenvalue weighted by Crippen LogP contribution is 2.59. The molecule has 1 fully saturated rings. The van der Waals surface area contributed by atoms with Gasteiger partial charge in [0.15, 0.2) is 0 Å². The van der Waals surface area contributed by atoms with E-state index >= 15 is 0 Å². The fourth-order valence-corrected chi connectivity index (χ4v) is 1.82. The molecule has 3 heteroatoms. The molecule has 66 valence electrons. The maximum absolute atomic E-state index is 10.5. The fourth-order valence-electron chi connectivity index (χ4n) is 1.82. The van der Waals surface area contributed by atoms with Crippen molar-refractivity contribution in [3.8, 4) is 12.3 Å². The minimum absolute atomic E-state index is 0.354. The molecule has 0 heterocycles. The lowest BCUT2D eigenvalue weighted by atomic mass is 10.1. The lowest BCUT2D eigenvalue weighted by molar-refractivity contribution is -0.309. The maximum atomic E-state index is 10.5. The second-order valence-corrected chi connectivity index (χ2v) is 3.76. The zero-order valence-corrected chi connectivity index (χ0v) is 7.07. The quantitative estimate of drug-likeness (QED) is 0.537. The molecule has 0 radical (unpaired) electrons. The van der Waals surface area contributed by atoms with Crippen molar-refractivity contribution >= 4 is 5.97 Å². The molecule has 1 aliphatic rings. The number of aliphatic hydroxyl groups excluding tert-OH is 1. The van der Waals surface area contributed by atoms with Gasteiger partial charge < -0.3 is 15.0 Å². The molecule has 0 aromatic rings. The number of carboxylic acid groups (broad SMARTS) is 1. The standard InChI is InChI=1S/C9H12O3/c1-4-5(10)6-7(8(11)12)9(6,2)3/h1,5-7,10H,2-3H3,(H,11,12)/p-1. The number of carbonyl (C=O) groups excluding carboxylic acids is 1. The molecule has 0 spiro atoms. The van der Waals surface area contributed by atoms with Crippen LogP contribution in [0.3, 0.4) is 0 Å². The van der Waals surface area contributed by atoms with E-state index in [0.29, 0.717) is 0 Å². The van der Waals surface area contributed by atoms with Crippen LogP contribution >= 0.6 is 0 Å². The summed E-state index contributed by atoms with van der Waals surface area (Å²) >= 11 is 0. The Kier molecular flexibility index (Phi) is 1.89. The van der Waals surface area contributed by atoms with Crippen LogP contribution in [0.1, 0.15) is 13.8 Å². The van der Waals surface area contributed by atoms with E-state index in [-0.39, 0.29) is 5.92 Å². The molecule has 1 saturated carbocycles. The molecule has 12 heavy (non-hydrogen) atoms. The van der Waals surface area contributed by atoms with Crippen molar-refractivity contribution in [1.82, 2.24) is 0 Å². The molecule has 0 aromatic carbocycles. The lowest BCUT2D eigenvalue weighted by Crippen LogP contribution is -2.27. The summed E-state index contributed by atoms with van der Waals surface area (Å²) in [6.45, 7) is 3.53. The van der Waals surface area contributed by atoms with Crippen molar-refractivity contribution in [2.75, 3.05) is 0 Å². The molecule has 0 amide bonds. The molecule has 1 aliphatic carbocycles. The highest BCUT2D eigenvalue weighted by atomic mass is 16.4. The molecular formula is C9H11O3-. The first-order chi connectivity index (χ1) is 5.42. The lowest BCUT2D eigenvalue weighted by Gasteiger charge is -2.03. The van der Waals surface area contributed by atoms with Crippen LogP contribution in [0.25, 0.3) is 0 Å². The van der Waals surface area contributed by atoms with Crippen LogP contribution in [0.5, 0.6) is 0 Å². The van der Waals surface area contributed by atoms with Crippen LogP contribution in [-0.4, -0.2) is 17.2 Å². The summed E-state index contributed by atoms with van der Waals surface area (Å²) in [5.74, 6) is 0.0441. The number of terminal acetylenes is 1. The van der Waals surface area contributed by atoms with Crippen LogP contribution in [0.4, 0.5) is 0 Å². The van der Waals surface area contributed by atoms with E-state index < -0.39 is 23.4 Å². The van der Waals surface area contributed by atoms with Crippen molar-refractivity contribution in [3.63, 3.8) is 0 Å². The average molecular weight is 167 g/mol. The van der Waals surface area contributed by atoms with Gasteiger partial charge in [0, 0.05) is 17.8 Å². The van der Waals surface area contributed by atoms with E-state index in [4.69, 9.17) is 6.42 Å². The number of rotatable bonds is 2. The number of carboxylic acids is 1. The first-order valence-electron chi connectivity index (χ1n) is 3.78. The van der Waals surface area contributed by atoms with E-state index in [9.17, 15) is 15.0 Å². The van der Waals surface area contributed by atoms with E-state index in [0.717, 1.165) is 0 Å². The Morgan fingerprint density at radius 3 is 2.50 bits per heavy atom. The van der Waals surface area contributed by atoms with E-state index in [1.165, 1.54) is 0 Å². The maximum Gasteiger partial charge on any atom is 0.118 e. The molecule has 1 N–H and O–H groups in total. The van der Waals surface area contributed by atoms with Gasteiger partial charge in [-0.3, -0.25) is 0 Å². The smallest absolute Gasteiger partial charge is 0.118 e. The summed E-state index contributed by atoms with van der Waals surface area (Å²) in [6.07, 6.45) is 4.01. The van der Waals surface area contributed by atoms with E-state index in [1.807, 2.05) is 0 Å². The van der Waals surface area contributed by atoms with Crippen molar-refractivity contribution in [3.05, 3.63) is 0 Å². The minimum atomic E-state index is -1.13. The average Bonchev–Trinajstić information content (AvgIpc) is 2.52. The third-order valence-corrected chi connectivity index (χ3v) is 2.68. The summed E-state index contributed by atoms with van der Waals surface area (Å²) in [6, 6.07) is 0. The number of hydrogen-bond acceptors (Lipinski definition) is 3. The molecule has 0 bridgehead atoms. The molecule has 0 aromatic heterocycles. The number of aliphatic hydroxyl groups is 1. The summed E-state index contributed by atoms with van der Waals surface area (Å²) in [7, 11) is 0. The predicted octanol–water partition coefficient (Wildman–Crippen LogP) is -0.997. The monoisotopic (exact) mass is 167 g/mol. The third-order valence-electron chi connectivity index (χ3n) is 2.68. The van der Waals surface area contributed by atoms with Gasteiger partial charge in [0.2, 0.25) is 0 Å². The van der Waals surface area contributed by atoms with Gasteiger partial charge in [-0.25, -0.2) is 0 Å². The molecule has 3 nitrogen and oxygen atoms in total. The van der Waals surface area contributed by atoms with Gasteiger partial charge >= 0.3 is 0 Å². The zero-order valence-electron chi connectivity index (χ0n) is 7.07. The predicted molar refractivity (Wildman–Crippen MR) is 40.6 cm³/mol. The van der Waals surface area contributed by atoms with Crippen molar-refractivity contribution in [1.29, 1.82) is 0 Å². The molecular weight excluding hydrogens is 156 g/mol. The summed E-state index contributed by atoms with van der Waals surface area (Å²) in [5, 5.41) is 19.7. The van der Waals surface area contributed by atoms with Crippen LogP contribution in [-0.2, 0) is 4.79 Å². The minimum Gasteiger partial charge on any atom is -0.550 e. The Hall–Kier alpha value is -1.01. The van der Waals surface area contributed by atoms with Gasteiger partial charge in [0.25, 0.3) is 0 Å². The number of carbonyl (C=O) groups is 1. The third kappa shape index (κ3) is 1.09. The highest BCUT2D eigenvalue weighted by Gasteiger charge is 2.61. The largest absolute Gasteiger partial charge is 0.550 e. The molecule has 0 aliphatic heterocycles. The number of aliphatic carboxylic acids is 1. The first kappa shape index (κ1) is 9.08. The zero-order chi connectivity index (χ0) is 9.52. The van der Waals surface area contributed by atoms with Crippen molar-refractivity contribution in [2.24, 2.45) is 17.3 Å². The van der Waals surface area contributed by atoms with E-state index in [2.05, 4.69) is 5.92 Å². The molecule has 0 saturated heterocycles. The molecule has 3 atom stereocenters. The van der Waals surface area contributed by atoms with Gasteiger partial charge in [0.05, 0.1) is 0 Å². The summed E-state index contributed by atoms with van der Waals surface area (Å²) in [5.41, 5.74) is -0.426. The van der Waals surface area contributed by atoms with Crippen LogP contribution in [0, 0.1) is 29.6 Å². The fraction of sp³-hybridized carbons (Fsp3) is 0.667. The van der Waals surface area contributed by atoms with Gasteiger partial charge in [-0.2, -0.15) is 0 Å². The highest BCUT2D eigenvalue weighted by molar-refractivity contribution is 5.73. The van der Waals surface area contributed by atoms with E-state index in [1.54, 1.807) is 13.8 Å². The van der Waals surface area contributed by atoms with Crippen LogP contribution in [0.15, 0.2) is 0 Å².